The summed E-state index contributed by atoms with van der Waals surface area (Å²) in [5, 5.41) is 20.0. The number of aliphatic hydroxyl groups is 2. The Morgan fingerprint density at radius 3 is 1.85 bits per heavy atom. The third-order valence-corrected chi connectivity index (χ3v) is 4.80. The van der Waals surface area contributed by atoms with E-state index >= 15 is 0 Å². The topological polar surface area (TPSA) is 68.2 Å². The van der Waals surface area contributed by atoms with E-state index in [0.717, 1.165) is 11.1 Å². The summed E-state index contributed by atoms with van der Waals surface area (Å²) in [4.78, 5) is 0. The van der Waals surface area contributed by atoms with Gasteiger partial charge in [0.05, 0.1) is 19.8 Å². The summed E-state index contributed by atoms with van der Waals surface area (Å²) in [5.41, 5.74) is 1.39. The van der Waals surface area contributed by atoms with Crippen LogP contribution in [0.25, 0.3) is 0 Å². The SMILES string of the molecule is OC[C@H]1O[C@@H](S)[C@@H](OCc2ccccc2)[C@@H](OCc2ccccc2)[C@@H]1O. The number of thiol groups is 1. The minimum atomic E-state index is -1.01. The average Bonchev–Trinajstić information content (AvgIpc) is 2.69. The molecule has 1 saturated heterocycles. The highest BCUT2D eigenvalue weighted by molar-refractivity contribution is 7.80. The maximum atomic E-state index is 10.6. The zero-order chi connectivity index (χ0) is 18.4. The maximum absolute atomic E-state index is 10.6. The molecule has 2 N–H and O–H groups in total. The fraction of sp³-hybridized carbons (Fsp3) is 0.400. The Bertz CT molecular complexity index is 654. The molecule has 140 valence electrons. The molecule has 0 aromatic heterocycles. The largest absolute Gasteiger partial charge is 0.394 e. The van der Waals surface area contributed by atoms with Gasteiger partial charge in [0.1, 0.15) is 29.9 Å². The Morgan fingerprint density at radius 1 is 0.846 bits per heavy atom. The fourth-order valence-electron chi connectivity index (χ4n) is 2.96. The second kappa shape index (κ2) is 9.50. The van der Waals surface area contributed by atoms with Gasteiger partial charge in [-0.05, 0) is 11.1 Å². The van der Waals surface area contributed by atoms with Crippen LogP contribution in [-0.2, 0) is 27.4 Å². The van der Waals surface area contributed by atoms with Crippen molar-refractivity contribution in [2.24, 2.45) is 0 Å². The summed E-state index contributed by atoms with van der Waals surface area (Å²) < 4.78 is 17.5. The number of hydrogen-bond acceptors (Lipinski definition) is 6. The normalized spacial score (nSPS) is 28.8. The number of ether oxygens (including phenoxy) is 3. The van der Waals surface area contributed by atoms with Gasteiger partial charge in [0, 0.05) is 0 Å². The highest BCUT2D eigenvalue weighted by Gasteiger charge is 2.45. The van der Waals surface area contributed by atoms with Gasteiger partial charge in [-0.15, -0.1) is 12.6 Å². The molecule has 0 amide bonds. The van der Waals surface area contributed by atoms with Gasteiger partial charge < -0.3 is 24.4 Å². The third kappa shape index (κ3) is 4.85. The first kappa shape index (κ1) is 19.4. The second-order valence-corrected chi connectivity index (χ2v) is 6.77. The van der Waals surface area contributed by atoms with E-state index in [1.54, 1.807) is 0 Å². The first-order chi connectivity index (χ1) is 12.7. The van der Waals surface area contributed by atoms with Crippen LogP contribution in [0.3, 0.4) is 0 Å². The first-order valence-corrected chi connectivity index (χ1v) is 9.14. The van der Waals surface area contributed by atoms with Crippen LogP contribution in [0.1, 0.15) is 11.1 Å². The van der Waals surface area contributed by atoms with Crippen molar-refractivity contribution >= 4 is 12.6 Å². The van der Waals surface area contributed by atoms with Crippen molar-refractivity contribution in [1.29, 1.82) is 0 Å². The van der Waals surface area contributed by atoms with Gasteiger partial charge in [0.15, 0.2) is 0 Å². The molecule has 0 saturated carbocycles. The molecule has 3 rings (SSSR count). The number of hydrogen-bond donors (Lipinski definition) is 3. The van der Waals surface area contributed by atoms with Gasteiger partial charge in [-0.25, -0.2) is 0 Å². The number of benzene rings is 2. The summed E-state index contributed by atoms with van der Waals surface area (Å²) in [6, 6.07) is 19.4. The molecular weight excluding hydrogens is 352 g/mol. The highest BCUT2D eigenvalue weighted by Crippen LogP contribution is 2.29. The lowest BCUT2D eigenvalue weighted by Crippen LogP contribution is -2.58. The Hall–Kier alpha value is -1.41. The number of aliphatic hydroxyl groups excluding tert-OH is 2. The van der Waals surface area contributed by atoms with Crippen molar-refractivity contribution in [2.45, 2.75) is 43.1 Å². The third-order valence-electron chi connectivity index (χ3n) is 4.39. The van der Waals surface area contributed by atoms with Gasteiger partial charge in [-0.3, -0.25) is 0 Å². The zero-order valence-electron chi connectivity index (χ0n) is 14.3. The van der Waals surface area contributed by atoms with Crippen LogP contribution in [0.4, 0.5) is 0 Å². The molecule has 5 nitrogen and oxygen atoms in total. The maximum Gasteiger partial charge on any atom is 0.129 e. The lowest BCUT2D eigenvalue weighted by Gasteiger charge is -2.42. The quantitative estimate of drug-likeness (QED) is 0.646. The summed E-state index contributed by atoms with van der Waals surface area (Å²) in [6.45, 7) is 0.370. The molecule has 6 heteroatoms. The van der Waals surface area contributed by atoms with E-state index in [1.165, 1.54) is 0 Å². The van der Waals surface area contributed by atoms with Crippen LogP contribution in [0.5, 0.6) is 0 Å². The monoisotopic (exact) mass is 376 g/mol. The molecular formula is C20H24O5S. The zero-order valence-corrected chi connectivity index (χ0v) is 15.2. The summed E-state index contributed by atoms with van der Waals surface area (Å²) in [7, 11) is 0. The average molecular weight is 376 g/mol. The summed E-state index contributed by atoms with van der Waals surface area (Å²) in [6.07, 6.45) is -2.99. The lowest BCUT2D eigenvalue weighted by molar-refractivity contribution is -0.237. The van der Waals surface area contributed by atoms with Crippen LogP contribution in [0.15, 0.2) is 60.7 Å². The molecule has 0 spiro atoms. The van der Waals surface area contributed by atoms with E-state index in [0.29, 0.717) is 13.2 Å². The van der Waals surface area contributed by atoms with Crippen molar-refractivity contribution in [2.75, 3.05) is 6.61 Å². The fourth-order valence-corrected chi connectivity index (χ4v) is 3.37. The van der Waals surface area contributed by atoms with E-state index in [4.69, 9.17) is 14.2 Å². The molecule has 2 aromatic carbocycles. The molecule has 0 unspecified atom stereocenters. The van der Waals surface area contributed by atoms with Crippen molar-refractivity contribution in [1.82, 2.24) is 0 Å². The molecule has 5 atom stereocenters. The van der Waals surface area contributed by atoms with Crippen LogP contribution >= 0.6 is 12.6 Å². The van der Waals surface area contributed by atoms with E-state index in [-0.39, 0.29) is 6.61 Å². The van der Waals surface area contributed by atoms with Gasteiger partial charge in [0.25, 0.3) is 0 Å². The minimum Gasteiger partial charge on any atom is -0.394 e. The van der Waals surface area contributed by atoms with Crippen molar-refractivity contribution in [3.8, 4) is 0 Å². The molecule has 26 heavy (non-hydrogen) atoms. The molecule has 1 heterocycles. The van der Waals surface area contributed by atoms with Gasteiger partial charge >= 0.3 is 0 Å². The molecule has 2 aromatic rings. The van der Waals surface area contributed by atoms with E-state index < -0.39 is 29.9 Å². The Labute approximate surface area is 158 Å². The van der Waals surface area contributed by atoms with Crippen LogP contribution in [-0.4, -0.2) is 46.7 Å². The van der Waals surface area contributed by atoms with E-state index in [2.05, 4.69) is 12.6 Å². The molecule has 0 radical (unpaired) electrons. The highest BCUT2D eigenvalue weighted by atomic mass is 32.1. The molecule has 0 aliphatic carbocycles. The van der Waals surface area contributed by atoms with Crippen molar-refractivity contribution in [3.63, 3.8) is 0 Å². The molecule has 1 aliphatic rings. The van der Waals surface area contributed by atoms with Gasteiger partial charge in [-0.2, -0.15) is 0 Å². The van der Waals surface area contributed by atoms with Crippen LogP contribution < -0.4 is 0 Å². The standard InChI is InChI=1S/C20H24O5S/c21-11-16-17(22)18(23-12-14-7-3-1-4-8-14)19(20(26)25-16)24-13-15-9-5-2-6-10-15/h1-10,16-22,26H,11-13H2/t16-,17-,18+,19+,20+/m1/s1. The molecule has 0 bridgehead atoms. The molecule has 1 aliphatic heterocycles. The van der Waals surface area contributed by atoms with Crippen molar-refractivity contribution < 1.29 is 24.4 Å². The first-order valence-electron chi connectivity index (χ1n) is 8.62. The van der Waals surface area contributed by atoms with Crippen molar-refractivity contribution in [3.05, 3.63) is 71.8 Å². The smallest absolute Gasteiger partial charge is 0.129 e. The van der Waals surface area contributed by atoms with Gasteiger partial charge in [0.2, 0.25) is 0 Å². The lowest BCUT2D eigenvalue weighted by atomic mass is 9.99. The predicted octanol–water partition coefficient (Wildman–Crippen LogP) is 2.17. The summed E-state index contributed by atoms with van der Waals surface area (Å²) >= 11 is 4.45. The molecule has 1 fully saturated rings. The van der Waals surface area contributed by atoms with Gasteiger partial charge in [-0.1, -0.05) is 60.7 Å². The van der Waals surface area contributed by atoms with E-state index in [9.17, 15) is 10.2 Å². The summed E-state index contributed by atoms with van der Waals surface area (Å²) in [5.74, 6) is 0. The van der Waals surface area contributed by atoms with E-state index in [1.807, 2.05) is 60.7 Å². The van der Waals surface area contributed by atoms with Crippen LogP contribution in [0, 0.1) is 0 Å². The predicted molar refractivity (Wildman–Crippen MR) is 101 cm³/mol. The number of rotatable bonds is 7. The van der Waals surface area contributed by atoms with Crippen LogP contribution in [0.2, 0.25) is 0 Å². The minimum absolute atomic E-state index is 0.311. The Morgan fingerprint density at radius 2 is 1.35 bits per heavy atom. The second-order valence-electron chi connectivity index (χ2n) is 6.26. The Kier molecular flexibility index (Phi) is 7.07. The Balaban J connectivity index is 1.69.